The molecule has 1 aromatic rings. The Labute approximate surface area is 82.2 Å². The van der Waals surface area contributed by atoms with Gasteiger partial charge >= 0.3 is 0 Å². The summed E-state index contributed by atoms with van der Waals surface area (Å²) in [5.74, 6) is 0. The maximum absolute atomic E-state index is 8.60. The Kier molecular flexibility index (Phi) is 3.71. The molecule has 0 amide bonds. The Morgan fingerprint density at radius 1 is 1.69 bits per heavy atom. The van der Waals surface area contributed by atoms with Crippen LogP contribution in [-0.4, -0.2) is 15.2 Å². The van der Waals surface area contributed by atoms with Gasteiger partial charge in [-0.25, -0.2) is 9.97 Å². The Balaban J connectivity index is 2.73. The minimum Gasteiger partial charge on any atom is -0.231 e. The van der Waals surface area contributed by atoms with Gasteiger partial charge in [0.2, 0.25) is 0 Å². The van der Waals surface area contributed by atoms with Crippen molar-refractivity contribution in [1.82, 2.24) is 9.97 Å². The van der Waals surface area contributed by atoms with Crippen LogP contribution in [0.15, 0.2) is 17.4 Å². The van der Waals surface area contributed by atoms with Gasteiger partial charge in [0.05, 0.1) is 0 Å². The molecule has 0 bridgehead atoms. The van der Waals surface area contributed by atoms with Crippen molar-refractivity contribution >= 4 is 11.8 Å². The standard InChI is InChI=1S/C9H11N3S/c1-3-7(2)13-9-11-5-4-8(6-10)12-9/h4-5,7H,3H2,1-2H3. The van der Waals surface area contributed by atoms with Crippen LogP contribution in [0.3, 0.4) is 0 Å². The van der Waals surface area contributed by atoms with Gasteiger partial charge in [0.25, 0.3) is 0 Å². The molecule has 13 heavy (non-hydrogen) atoms. The Bertz CT molecular complexity index is 319. The van der Waals surface area contributed by atoms with Crippen molar-refractivity contribution in [2.75, 3.05) is 0 Å². The summed E-state index contributed by atoms with van der Waals surface area (Å²) in [4.78, 5) is 8.15. The maximum atomic E-state index is 8.60. The summed E-state index contributed by atoms with van der Waals surface area (Å²) in [6.07, 6.45) is 2.70. The van der Waals surface area contributed by atoms with Crippen LogP contribution < -0.4 is 0 Å². The molecule has 4 heteroatoms. The summed E-state index contributed by atoms with van der Waals surface area (Å²) >= 11 is 1.60. The van der Waals surface area contributed by atoms with Crippen LogP contribution in [0.1, 0.15) is 26.0 Å². The van der Waals surface area contributed by atoms with Gasteiger partial charge in [-0.3, -0.25) is 0 Å². The zero-order valence-corrected chi connectivity index (χ0v) is 8.51. The third kappa shape index (κ3) is 3.03. The van der Waals surface area contributed by atoms with Crippen LogP contribution >= 0.6 is 11.8 Å². The Morgan fingerprint density at radius 2 is 2.46 bits per heavy atom. The molecule has 0 spiro atoms. The van der Waals surface area contributed by atoms with Crippen molar-refractivity contribution in [3.63, 3.8) is 0 Å². The number of rotatable bonds is 3. The van der Waals surface area contributed by atoms with Crippen LogP contribution in [0, 0.1) is 11.3 Å². The van der Waals surface area contributed by atoms with Crippen molar-refractivity contribution < 1.29 is 0 Å². The van der Waals surface area contributed by atoms with Crippen molar-refractivity contribution in [2.24, 2.45) is 0 Å². The van der Waals surface area contributed by atoms with Crippen LogP contribution in [0.25, 0.3) is 0 Å². The number of aromatic nitrogens is 2. The predicted molar refractivity (Wildman–Crippen MR) is 52.4 cm³/mol. The summed E-state index contributed by atoms with van der Waals surface area (Å²) in [7, 11) is 0. The highest BCUT2D eigenvalue weighted by Gasteiger charge is 2.04. The van der Waals surface area contributed by atoms with E-state index in [9.17, 15) is 0 Å². The van der Waals surface area contributed by atoms with Gasteiger partial charge in [-0.05, 0) is 12.5 Å². The largest absolute Gasteiger partial charge is 0.231 e. The Morgan fingerprint density at radius 3 is 3.08 bits per heavy atom. The molecule has 3 nitrogen and oxygen atoms in total. The third-order valence-corrected chi connectivity index (χ3v) is 2.77. The third-order valence-electron chi connectivity index (χ3n) is 1.63. The summed E-state index contributed by atoms with van der Waals surface area (Å²) in [6, 6.07) is 3.61. The molecule has 68 valence electrons. The van der Waals surface area contributed by atoms with E-state index >= 15 is 0 Å². The fourth-order valence-corrected chi connectivity index (χ4v) is 1.52. The first-order valence-corrected chi connectivity index (χ1v) is 5.04. The summed E-state index contributed by atoms with van der Waals surface area (Å²) < 4.78 is 0. The molecular formula is C9H11N3S. The van der Waals surface area contributed by atoms with Crippen LogP contribution in [0.4, 0.5) is 0 Å². The van der Waals surface area contributed by atoms with E-state index in [0.29, 0.717) is 16.1 Å². The minimum atomic E-state index is 0.431. The first kappa shape index (κ1) is 10.0. The molecular weight excluding hydrogens is 182 g/mol. The lowest BCUT2D eigenvalue weighted by Gasteiger charge is -2.05. The number of nitrogens with zero attached hydrogens (tertiary/aromatic N) is 3. The van der Waals surface area contributed by atoms with Crippen molar-refractivity contribution in [2.45, 2.75) is 30.7 Å². The minimum absolute atomic E-state index is 0.431. The quantitative estimate of drug-likeness (QED) is 0.545. The van der Waals surface area contributed by atoms with Gasteiger partial charge in [-0.15, -0.1) is 0 Å². The molecule has 1 heterocycles. The second-order valence-corrected chi connectivity index (χ2v) is 4.08. The molecule has 1 atom stereocenters. The van der Waals surface area contributed by atoms with E-state index in [4.69, 9.17) is 5.26 Å². The normalized spacial score (nSPS) is 12.1. The van der Waals surface area contributed by atoms with Crippen molar-refractivity contribution in [3.8, 4) is 6.07 Å². The molecule has 1 aromatic heterocycles. The van der Waals surface area contributed by atoms with Crippen LogP contribution in [0.5, 0.6) is 0 Å². The van der Waals surface area contributed by atoms with E-state index in [1.54, 1.807) is 24.0 Å². The average molecular weight is 193 g/mol. The summed E-state index contributed by atoms with van der Waals surface area (Å²) in [5.41, 5.74) is 0.431. The monoisotopic (exact) mass is 193 g/mol. The molecule has 0 radical (unpaired) electrons. The molecule has 1 rings (SSSR count). The predicted octanol–water partition coefficient (Wildman–Crippen LogP) is 2.24. The van der Waals surface area contributed by atoms with E-state index in [2.05, 4.69) is 23.8 Å². The molecule has 0 aliphatic carbocycles. The average Bonchev–Trinajstić information content (AvgIpc) is 2.18. The van der Waals surface area contributed by atoms with Gasteiger partial charge in [-0.1, -0.05) is 25.6 Å². The van der Waals surface area contributed by atoms with Crippen LogP contribution in [-0.2, 0) is 0 Å². The lowest BCUT2D eigenvalue weighted by Crippen LogP contribution is -1.96. The molecule has 0 fully saturated rings. The van der Waals surface area contributed by atoms with E-state index in [1.807, 2.05) is 6.07 Å². The molecule has 0 aliphatic heterocycles. The highest BCUT2D eigenvalue weighted by molar-refractivity contribution is 7.99. The van der Waals surface area contributed by atoms with E-state index in [0.717, 1.165) is 6.42 Å². The topological polar surface area (TPSA) is 49.6 Å². The van der Waals surface area contributed by atoms with E-state index in [1.165, 1.54) is 0 Å². The fraction of sp³-hybridized carbons (Fsp3) is 0.444. The highest BCUT2D eigenvalue weighted by Crippen LogP contribution is 2.20. The second-order valence-electron chi connectivity index (χ2n) is 2.67. The van der Waals surface area contributed by atoms with Gasteiger partial charge in [0.1, 0.15) is 11.8 Å². The molecule has 0 saturated heterocycles. The molecule has 0 aliphatic rings. The molecule has 0 N–H and O–H groups in total. The first-order chi connectivity index (χ1) is 6.26. The second kappa shape index (κ2) is 4.83. The molecule has 1 unspecified atom stereocenters. The smallest absolute Gasteiger partial charge is 0.189 e. The van der Waals surface area contributed by atoms with E-state index < -0.39 is 0 Å². The van der Waals surface area contributed by atoms with Crippen LogP contribution in [0.2, 0.25) is 0 Å². The number of hydrogen-bond donors (Lipinski definition) is 0. The molecule has 0 saturated carbocycles. The first-order valence-electron chi connectivity index (χ1n) is 4.16. The lowest BCUT2D eigenvalue weighted by atomic mass is 10.4. The van der Waals surface area contributed by atoms with Gasteiger partial charge < -0.3 is 0 Å². The summed E-state index contributed by atoms with van der Waals surface area (Å²) in [6.45, 7) is 4.24. The lowest BCUT2D eigenvalue weighted by molar-refractivity contribution is 0.882. The van der Waals surface area contributed by atoms with Gasteiger partial charge in [0.15, 0.2) is 5.16 Å². The number of nitriles is 1. The zero-order chi connectivity index (χ0) is 9.68. The maximum Gasteiger partial charge on any atom is 0.189 e. The van der Waals surface area contributed by atoms with Gasteiger partial charge in [0, 0.05) is 11.4 Å². The fourth-order valence-electron chi connectivity index (χ4n) is 0.723. The SMILES string of the molecule is CCC(C)Sc1nccc(C#N)n1. The molecule has 0 aromatic carbocycles. The van der Waals surface area contributed by atoms with Crippen molar-refractivity contribution in [3.05, 3.63) is 18.0 Å². The zero-order valence-electron chi connectivity index (χ0n) is 7.69. The number of thioether (sulfide) groups is 1. The number of hydrogen-bond acceptors (Lipinski definition) is 4. The van der Waals surface area contributed by atoms with Gasteiger partial charge in [-0.2, -0.15) is 5.26 Å². The summed E-state index contributed by atoms with van der Waals surface area (Å²) in [5, 5.41) is 9.79. The van der Waals surface area contributed by atoms with E-state index in [-0.39, 0.29) is 0 Å². The highest BCUT2D eigenvalue weighted by atomic mass is 32.2. The van der Waals surface area contributed by atoms with Crippen molar-refractivity contribution in [1.29, 1.82) is 5.26 Å². The Hall–Kier alpha value is -1.08.